The van der Waals surface area contributed by atoms with Crippen molar-refractivity contribution in [2.24, 2.45) is 0 Å². The Balaban J connectivity index is 1.86. The summed E-state index contributed by atoms with van der Waals surface area (Å²) in [5.74, 6) is 0. The molecule has 2 aromatic carbocycles. The van der Waals surface area contributed by atoms with Gasteiger partial charge in [0.2, 0.25) is 0 Å². The minimum Gasteiger partial charge on any atom is -0.388 e. The van der Waals surface area contributed by atoms with Crippen LogP contribution in [-0.2, 0) is 6.42 Å². The first-order chi connectivity index (χ1) is 9.84. The van der Waals surface area contributed by atoms with Crippen molar-refractivity contribution >= 4 is 0 Å². The van der Waals surface area contributed by atoms with Gasteiger partial charge in [-0.15, -0.1) is 0 Å². The Morgan fingerprint density at radius 3 is 2.30 bits per heavy atom. The summed E-state index contributed by atoms with van der Waals surface area (Å²) in [6, 6.07) is 19.9. The number of aliphatic hydroxyl groups excluding tert-OH is 1. The molecule has 0 aliphatic carbocycles. The van der Waals surface area contributed by atoms with E-state index < -0.39 is 6.10 Å². The molecule has 3 rings (SSSR count). The van der Waals surface area contributed by atoms with E-state index in [-0.39, 0.29) is 0 Å². The van der Waals surface area contributed by atoms with Crippen LogP contribution in [-0.4, -0.2) is 15.3 Å². The summed E-state index contributed by atoms with van der Waals surface area (Å²) < 4.78 is 0. The highest BCUT2D eigenvalue weighted by Gasteiger charge is 2.16. The molecular weight excluding hydrogens is 248 g/mol. The van der Waals surface area contributed by atoms with Gasteiger partial charge in [0.05, 0.1) is 18.0 Å². The molecule has 0 bridgehead atoms. The van der Waals surface area contributed by atoms with Crippen LogP contribution < -0.4 is 0 Å². The minimum absolute atomic E-state index is 0.564. The minimum atomic E-state index is -0.564. The lowest BCUT2D eigenvalue weighted by atomic mass is 9.99. The molecule has 0 spiro atoms. The van der Waals surface area contributed by atoms with Gasteiger partial charge in [0.25, 0.3) is 0 Å². The second kappa shape index (κ2) is 5.72. The van der Waals surface area contributed by atoms with E-state index in [2.05, 4.69) is 10.2 Å². The SMILES string of the molecule is OC(Cc1ccccc1)c1cn[nH]c1-c1ccccc1. The Hall–Kier alpha value is -2.39. The van der Waals surface area contributed by atoms with Crippen LogP contribution in [0.1, 0.15) is 17.2 Å². The first-order valence-corrected chi connectivity index (χ1v) is 6.65. The summed E-state index contributed by atoms with van der Waals surface area (Å²) in [4.78, 5) is 0. The van der Waals surface area contributed by atoms with Crippen LogP contribution in [0.4, 0.5) is 0 Å². The first kappa shape index (κ1) is 12.6. The highest BCUT2D eigenvalue weighted by Crippen LogP contribution is 2.27. The summed E-state index contributed by atoms with van der Waals surface area (Å²) in [6.45, 7) is 0. The van der Waals surface area contributed by atoms with Crippen molar-refractivity contribution in [3.05, 3.63) is 78.0 Å². The summed E-state index contributed by atoms with van der Waals surface area (Å²) >= 11 is 0. The van der Waals surface area contributed by atoms with E-state index in [0.717, 1.165) is 22.4 Å². The molecule has 20 heavy (non-hydrogen) atoms. The third-order valence-electron chi connectivity index (χ3n) is 3.36. The van der Waals surface area contributed by atoms with Crippen LogP contribution in [0.2, 0.25) is 0 Å². The number of aliphatic hydroxyl groups is 1. The number of rotatable bonds is 4. The third kappa shape index (κ3) is 2.63. The number of nitrogens with zero attached hydrogens (tertiary/aromatic N) is 1. The lowest BCUT2D eigenvalue weighted by Crippen LogP contribution is -2.02. The Labute approximate surface area is 117 Å². The number of H-pyrrole nitrogens is 1. The molecule has 1 heterocycles. The molecule has 3 aromatic rings. The van der Waals surface area contributed by atoms with E-state index in [0.29, 0.717) is 6.42 Å². The van der Waals surface area contributed by atoms with E-state index in [1.807, 2.05) is 60.7 Å². The van der Waals surface area contributed by atoms with E-state index >= 15 is 0 Å². The second-order valence-electron chi connectivity index (χ2n) is 4.77. The molecule has 0 amide bonds. The molecule has 1 unspecified atom stereocenters. The van der Waals surface area contributed by atoms with Gasteiger partial charge in [-0.05, 0) is 11.1 Å². The van der Waals surface area contributed by atoms with Crippen LogP contribution in [0.15, 0.2) is 66.9 Å². The molecule has 0 saturated heterocycles. The average molecular weight is 264 g/mol. The van der Waals surface area contributed by atoms with Crippen LogP contribution in [0, 0.1) is 0 Å². The molecule has 3 heteroatoms. The Kier molecular flexibility index (Phi) is 3.61. The van der Waals surface area contributed by atoms with Crippen LogP contribution in [0.3, 0.4) is 0 Å². The molecule has 0 saturated carbocycles. The van der Waals surface area contributed by atoms with E-state index in [1.165, 1.54) is 0 Å². The monoisotopic (exact) mass is 264 g/mol. The molecule has 0 aliphatic rings. The number of hydrogen-bond donors (Lipinski definition) is 2. The van der Waals surface area contributed by atoms with Crippen molar-refractivity contribution in [3.63, 3.8) is 0 Å². The van der Waals surface area contributed by atoms with E-state index in [9.17, 15) is 5.11 Å². The Morgan fingerprint density at radius 1 is 0.950 bits per heavy atom. The summed E-state index contributed by atoms with van der Waals surface area (Å²) in [5, 5.41) is 17.5. The van der Waals surface area contributed by atoms with Crippen molar-refractivity contribution in [2.45, 2.75) is 12.5 Å². The van der Waals surface area contributed by atoms with Gasteiger partial charge in [-0.1, -0.05) is 60.7 Å². The predicted molar refractivity (Wildman–Crippen MR) is 79.1 cm³/mol. The Bertz CT molecular complexity index is 662. The van der Waals surface area contributed by atoms with E-state index in [4.69, 9.17) is 0 Å². The van der Waals surface area contributed by atoms with Crippen LogP contribution in [0.25, 0.3) is 11.3 Å². The maximum atomic E-state index is 10.4. The molecule has 0 fully saturated rings. The molecule has 1 atom stereocenters. The van der Waals surface area contributed by atoms with Crippen molar-refractivity contribution < 1.29 is 5.11 Å². The molecule has 1 aromatic heterocycles. The summed E-state index contributed by atoms with van der Waals surface area (Å²) in [6.07, 6.45) is 1.72. The fourth-order valence-electron chi connectivity index (χ4n) is 2.33. The molecule has 0 aliphatic heterocycles. The lowest BCUT2D eigenvalue weighted by Gasteiger charge is -2.11. The summed E-state index contributed by atoms with van der Waals surface area (Å²) in [5.41, 5.74) is 3.86. The predicted octanol–water partition coefficient (Wildman–Crippen LogP) is 3.35. The molecule has 0 radical (unpaired) electrons. The number of aromatic amines is 1. The maximum absolute atomic E-state index is 10.4. The van der Waals surface area contributed by atoms with E-state index in [1.54, 1.807) is 6.20 Å². The number of aromatic nitrogens is 2. The number of benzene rings is 2. The van der Waals surface area contributed by atoms with Gasteiger partial charge in [0.1, 0.15) is 0 Å². The van der Waals surface area contributed by atoms with Gasteiger partial charge < -0.3 is 5.11 Å². The highest BCUT2D eigenvalue weighted by molar-refractivity contribution is 5.62. The lowest BCUT2D eigenvalue weighted by molar-refractivity contribution is 0.179. The molecule has 100 valence electrons. The molecule has 2 N–H and O–H groups in total. The fraction of sp³-hybridized carbons (Fsp3) is 0.118. The van der Waals surface area contributed by atoms with Crippen molar-refractivity contribution in [3.8, 4) is 11.3 Å². The number of hydrogen-bond acceptors (Lipinski definition) is 2. The molecule has 3 nitrogen and oxygen atoms in total. The zero-order chi connectivity index (χ0) is 13.8. The van der Waals surface area contributed by atoms with Gasteiger partial charge >= 0.3 is 0 Å². The zero-order valence-electron chi connectivity index (χ0n) is 11.0. The molecular formula is C17H16N2O. The second-order valence-corrected chi connectivity index (χ2v) is 4.77. The standard InChI is InChI=1S/C17H16N2O/c20-16(11-13-7-3-1-4-8-13)15-12-18-19-17(15)14-9-5-2-6-10-14/h1-10,12,16,20H,11H2,(H,18,19). The van der Waals surface area contributed by atoms with Crippen LogP contribution in [0.5, 0.6) is 0 Å². The highest BCUT2D eigenvalue weighted by atomic mass is 16.3. The Morgan fingerprint density at radius 2 is 1.60 bits per heavy atom. The third-order valence-corrected chi connectivity index (χ3v) is 3.36. The van der Waals surface area contributed by atoms with Gasteiger partial charge in [-0.2, -0.15) is 5.10 Å². The quantitative estimate of drug-likeness (QED) is 0.759. The maximum Gasteiger partial charge on any atom is 0.0867 e. The van der Waals surface area contributed by atoms with Crippen molar-refractivity contribution in [2.75, 3.05) is 0 Å². The largest absolute Gasteiger partial charge is 0.388 e. The van der Waals surface area contributed by atoms with Gasteiger partial charge in [-0.25, -0.2) is 0 Å². The number of nitrogens with one attached hydrogen (secondary N) is 1. The van der Waals surface area contributed by atoms with Gasteiger partial charge in [0.15, 0.2) is 0 Å². The zero-order valence-corrected chi connectivity index (χ0v) is 11.0. The first-order valence-electron chi connectivity index (χ1n) is 6.65. The average Bonchev–Trinajstić information content (AvgIpc) is 2.99. The normalized spacial score (nSPS) is 12.2. The van der Waals surface area contributed by atoms with Gasteiger partial charge in [-0.3, -0.25) is 5.10 Å². The van der Waals surface area contributed by atoms with Crippen molar-refractivity contribution in [1.82, 2.24) is 10.2 Å². The smallest absolute Gasteiger partial charge is 0.0867 e. The van der Waals surface area contributed by atoms with Crippen LogP contribution >= 0.6 is 0 Å². The fourth-order valence-corrected chi connectivity index (χ4v) is 2.33. The van der Waals surface area contributed by atoms with Gasteiger partial charge in [0, 0.05) is 12.0 Å². The van der Waals surface area contributed by atoms with Crippen molar-refractivity contribution in [1.29, 1.82) is 0 Å². The topological polar surface area (TPSA) is 48.9 Å². The summed E-state index contributed by atoms with van der Waals surface area (Å²) in [7, 11) is 0.